The Kier molecular flexibility index (Phi) is 9.54. The first-order valence-corrected chi connectivity index (χ1v) is 11.1. The number of primary amides is 1. The van der Waals surface area contributed by atoms with Crippen molar-refractivity contribution in [3.8, 4) is 11.4 Å². The van der Waals surface area contributed by atoms with E-state index in [1.807, 2.05) is 12.3 Å². The van der Waals surface area contributed by atoms with Crippen LogP contribution >= 0.6 is 11.8 Å². The summed E-state index contributed by atoms with van der Waals surface area (Å²) < 4.78 is 0. The highest BCUT2D eigenvalue weighted by Crippen LogP contribution is 2.24. The van der Waals surface area contributed by atoms with Gasteiger partial charge in [-0.15, -0.1) is 0 Å². The van der Waals surface area contributed by atoms with Crippen LogP contribution in [0.4, 0.5) is 11.6 Å². The van der Waals surface area contributed by atoms with Crippen molar-refractivity contribution >= 4 is 29.8 Å². The lowest BCUT2D eigenvalue weighted by atomic mass is 10.1. The molecule has 1 aliphatic heterocycles. The highest BCUT2D eigenvalue weighted by Gasteiger charge is 2.15. The molecule has 1 saturated heterocycles. The summed E-state index contributed by atoms with van der Waals surface area (Å²) in [6.07, 6.45) is 9.13. The summed E-state index contributed by atoms with van der Waals surface area (Å²) in [5.41, 5.74) is 6.23. The lowest BCUT2D eigenvalue weighted by molar-refractivity contribution is -0.106. The summed E-state index contributed by atoms with van der Waals surface area (Å²) in [6.45, 7) is 5.26. The van der Waals surface area contributed by atoms with Crippen LogP contribution in [-0.4, -0.2) is 47.3 Å². The van der Waals surface area contributed by atoms with Crippen molar-refractivity contribution in [2.24, 2.45) is 5.73 Å². The number of anilines is 2. The fourth-order valence-electron chi connectivity index (χ4n) is 3.00. The van der Waals surface area contributed by atoms with Crippen LogP contribution in [0.3, 0.4) is 0 Å². The van der Waals surface area contributed by atoms with E-state index in [1.165, 1.54) is 19.3 Å². The topological polar surface area (TPSA) is 97.0 Å². The number of hydrogen-bond donors (Lipinski definition) is 2. The van der Waals surface area contributed by atoms with E-state index in [9.17, 15) is 0 Å². The molecule has 3 rings (SSSR count). The number of carbonyl (C=O) groups is 1. The highest BCUT2D eigenvalue weighted by molar-refractivity contribution is 7.97. The maximum atomic E-state index is 8.58. The Morgan fingerprint density at radius 3 is 2.61 bits per heavy atom. The molecule has 0 radical (unpaired) electrons. The van der Waals surface area contributed by atoms with Gasteiger partial charge in [0.2, 0.25) is 6.41 Å². The fraction of sp³-hybridized carbons (Fsp3) is 0.500. The zero-order valence-corrected chi connectivity index (χ0v) is 17.5. The predicted molar refractivity (Wildman–Crippen MR) is 118 cm³/mol. The standard InChI is InChI=1S/C19H27N5S.CH3NO/c1-3-9-20-17-8-7-15(13-21-17)19-22-16(14-25-2)12-18(23-19)24-10-5-4-6-11-24;2-1-3/h7-8,12-13H,3-6,9-11,14H2,1-2H3,(H,20,21);1H,(H2,2,3). The zero-order chi connectivity index (χ0) is 20.2. The smallest absolute Gasteiger partial charge is 0.204 e. The summed E-state index contributed by atoms with van der Waals surface area (Å²) in [5.74, 6) is 3.64. The quantitative estimate of drug-likeness (QED) is 0.686. The molecular formula is C20H30N6OS. The maximum Gasteiger partial charge on any atom is 0.204 e. The van der Waals surface area contributed by atoms with Crippen LogP contribution in [0.15, 0.2) is 24.4 Å². The second kappa shape index (κ2) is 12.2. The zero-order valence-electron chi connectivity index (χ0n) is 16.7. The van der Waals surface area contributed by atoms with E-state index in [1.54, 1.807) is 11.8 Å². The second-order valence-corrected chi connectivity index (χ2v) is 7.38. The molecule has 0 bridgehead atoms. The molecule has 0 unspecified atom stereocenters. The molecule has 2 aromatic rings. The Balaban J connectivity index is 0.000000878. The molecule has 8 heteroatoms. The van der Waals surface area contributed by atoms with Gasteiger partial charge in [0.05, 0.1) is 5.69 Å². The van der Waals surface area contributed by atoms with Crippen molar-refractivity contribution < 1.29 is 4.79 Å². The average molecular weight is 403 g/mol. The molecule has 1 amide bonds. The number of nitrogens with zero attached hydrogens (tertiary/aromatic N) is 4. The summed E-state index contributed by atoms with van der Waals surface area (Å²) in [5, 5.41) is 3.30. The van der Waals surface area contributed by atoms with E-state index in [0.29, 0.717) is 0 Å². The minimum absolute atomic E-state index is 0.250. The Bertz CT molecular complexity index is 719. The van der Waals surface area contributed by atoms with Gasteiger partial charge >= 0.3 is 0 Å². The van der Waals surface area contributed by atoms with Crippen molar-refractivity contribution in [1.29, 1.82) is 0 Å². The van der Waals surface area contributed by atoms with Crippen molar-refractivity contribution in [2.75, 3.05) is 36.1 Å². The van der Waals surface area contributed by atoms with Gasteiger partial charge in [0.1, 0.15) is 11.6 Å². The first-order valence-electron chi connectivity index (χ1n) is 9.69. The van der Waals surface area contributed by atoms with Gasteiger partial charge in [0, 0.05) is 43.2 Å². The molecule has 2 aromatic heterocycles. The molecule has 152 valence electrons. The summed E-state index contributed by atoms with van der Waals surface area (Å²) in [7, 11) is 0. The average Bonchev–Trinajstić information content (AvgIpc) is 2.74. The van der Waals surface area contributed by atoms with Gasteiger partial charge in [-0.05, 0) is 44.1 Å². The molecule has 0 saturated carbocycles. The SMILES string of the molecule is CCCNc1ccc(-c2nc(CSC)cc(N3CCCCC3)n2)cn1.NC=O. The van der Waals surface area contributed by atoms with Crippen LogP contribution in [0.25, 0.3) is 11.4 Å². The van der Waals surface area contributed by atoms with E-state index < -0.39 is 0 Å². The number of hydrogen-bond acceptors (Lipinski definition) is 7. The predicted octanol–water partition coefficient (Wildman–Crippen LogP) is 3.32. The van der Waals surface area contributed by atoms with Gasteiger partial charge < -0.3 is 16.0 Å². The number of rotatable bonds is 7. The molecule has 28 heavy (non-hydrogen) atoms. The van der Waals surface area contributed by atoms with E-state index in [2.05, 4.69) is 46.2 Å². The number of thioether (sulfide) groups is 1. The third kappa shape index (κ3) is 6.67. The molecule has 0 aliphatic carbocycles. The molecule has 3 heterocycles. The van der Waals surface area contributed by atoms with Crippen molar-refractivity contribution in [3.05, 3.63) is 30.1 Å². The molecule has 0 atom stereocenters. The van der Waals surface area contributed by atoms with Gasteiger partial charge in [-0.1, -0.05) is 6.92 Å². The van der Waals surface area contributed by atoms with Crippen LogP contribution in [0, 0.1) is 0 Å². The number of aromatic nitrogens is 3. The lowest BCUT2D eigenvalue weighted by Crippen LogP contribution is -2.30. The van der Waals surface area contributed by atoms with E-state index >= 15 is 0 Å². The molecule has 1 fully saturated rings. The molecule has 3 N–H and O–H groups in total. The molecule has 0 aromatic carbocycles. The summed E-state index contributed by atoms with van der Waals surface area (Å²) in [4.78, 5) is 25.1. The third-order valence-electron chi connectivity index (χ3n) is 4.32. The maximum absolute atomic E-state index is 8.58. The lowest BCUT2D eigenvalue weighted by Gasteiger charge is -2.28. The van der Waals surface area contributed by atoms with Crippen LogP contribution in [-0.2, 0) is 10.5 Å². The van der Waals surface area contributed by atoms with Gasteiger partial charge in [-0.3, -0.25) is 4.79 Å². The molecule has 7 nitrogen and oxygen atoms in total. The van der Waals surface area contributed by atoms with Crippen LogP contribution < -0.4 is 16.0 Å². The Morgan fingerprint density at radius 1 is 1.25 bits per heavy atom. The van der Waals surface area contributed by atoms with Crippen molar-refractivity contribution in [1.82, 2.24) is 15.0 Å². The van der Waals surface area contributed by atoms with Crippen LogP contribution in [0.5, 0.6) is 0 Å². The van der Waals surface area contributed by atoms with E-state index in [-0.39, 0.29) is 6.41 Å². The van der Waals surface area contributed by atoms with Gasteiger partial charge in [-0.25, -0.2) is 15.0 Å². The Labute approximate surface area is 171 Å². The number of nitrogens with one attached hydrogen (secondary N) is 1. The van der Waals surface area contributed by atoms with Gasteiger partial charge in [-0.2, -0.15) is 11.8 Å². The number of amides is 1. The van der Waals surface area contributed by atoms with Gasteiger partial charge in [0.15, 0.2) is 5.82 Å². The molecule has 0 spiro atoms. The minimum atomic E-state index is 0.250. The molecular weight excluding hydrogens is 372 g/mol. The largest absolute Gasteiger partial charge is 0.372 e. The second-order valence-electron chi connectivity index (χ2n) is 6.52. The summed E-state index contributed by atoms with van der Waals surface area (Å²) >= 11 is 1.79. The van der Waals surface area contributed by atoms with Gasteiger partial charge in [0.25, 0.3) is 0 Å². The number of nitrogens with two attached hydrogens (primary N) is 1. The number of pyridine rings is 1. The van der Waals surface area contributed by atoms with Crippen molar-refractivity contribution in [2.45, 2.75) is 38.4 Å². The monoisotopic (exact) mass is 402 g/mol. The Hall–Kier alpha value is -2.35. The van der Waals surface area contributed by atoms with E-state index in [0.717, 1.165) is 60.5 Å². The van der Waals surface area contributed by atoms with Crippen LogP contribution in [0.2, 0.25) is 0 Å². The highest BCUT2D eigenvalue weighted by atomic mass is 32.2. The third-order valence-corrected chi connectivity index (χ3v) is 4.90. The summed E-state index contributed by atoms with van der Waals surface area (Å²) in [6, 6.07) is 6.22. The number of carbonyl (C=O) groups excluding carboxylic acids is 1. The Morgan fingerprint density at radius 2 is 2.00 bits per heavy atom. The first-order chi connectivity index (χ1) is 13.7. The normalized spacial score (nSPS) is 13.4. The molecule has 1 aliphatic rings. The van der Waals surface area contributed by atoms with Crippen LogP contribution in [0.1, 0.15) is 38.3 Å². The van der Waals surface area contributed by atoms with E-state index in [4.69, 9.17) is 14.8 Å². The fourth-order valence-corrected chi connectivity index (χ4v) is 3.45. The van der Waals surface area contributed by atoms with Crippen molar-refractivity contribution in [3.63, 3.8) is 0 Å². The minimum Gasteiger partial charge on any atom is -0.372 e. The number of piperidine rings is 1. The first kappa shape index (κ1) is 21.9.